The van der Waals surface area contributed by atoms with Gasteiger partial charge in [0.1, 0.15) is 0 Å². The monoisotopic (exact) mass is 438 g/mol. The van der Waals surface area contributed by atoms with Gasteiger partial charge in [-0.2, -0.15) is 0 Å². The minimum atomic E-state index is -4.03. The van der Waals surface area contributed by atoms with Crippen molar-refractivity contribution in [2.45, 2.75) is 17.9 Å². The van der Waals surface area contributed by atoms with Gasteiger partial charge in [0.05, 0.1) is 0 Å². The minimum absolute atomic E-state index is 0.0841. The molecule has 3 rings (SSSR count). The van der Waals surface area contributed by atoms with Gasteiger partial charge in [0.15, 0.2) is 0 Å². The number of carbonyl (C=O) groups is 2. The van der Waals surface area contributed by atoms with E-state index in [9.17, 15) is 14.2 Å². The number of hydrogen-bond acceptors (Lipinski definition) is 5. The van der Waals surface area contributed by atoms with E-state index < -0.39 is 38.2 Å². The van der Waals surface area contributed by atoms with E-state index in [4.69, 9.17) is 9.05 Å². The summed E-state index contributed by atoms with van der Waals surface area (Å²) in [7, 11) is -4.03. The van der Waals surface area contributed by atoms with Crippen LogP contribution in [0.15, 0.2) is 54.6 Å². The summed E-state index contributed by atoms with van der Waals surface area (Å²) >= 11 is -0.715. The third kappa shape index (κ3) is 2.92. The molecule has 0 aromatic heterocycles. The number of Topliss-reactive ketones (excluding diaryl/α,β-unsaturated/α-hetero) is 2. The van der Waals surface area contributed by atoms with Crippen LogP contribution in [0.2, 0.25) is 0 Å². The van der Waals surface area contributed by atoms with Gasteiger partial charge in [-0.05, 0) is 0 Å². The second-order valence-corrected chi connectivity index (χ2v) is 11.1. The molecule has 0 fully saturated rings. The van der Waals surface area contributed by atoms with Gasteiger partial charge in [0.2, 0.25) is 0 Å². The molecule has 1 aliphatic rings. The molecular formula is C19H19O5PSe. The van der Waals surface area contributed by atoms with Crippen molar-refractivity contribution in [3.05, 3.63) is 65.7 Å². The topological polar surface area (TPSA) is 69.7 Å². The van der Waals surface area contributed by atoms with Gasteiger partial charge >= 0.3 is 159 Å². The molecule has 7 heteroatoms. The Bertz CT molecular complexity index is 873. The zero-order chi connectivity index (χ0) is 18.8. The molecule has 0 bridgehead atoms. The second-order valence-electron chi connectivity index (χ2n) is 5.60. The van der Waals surface area contributed by atoms with Gasteiger partial charge in [-0.3, -0.25) is 0 Å². The van der Waals surface area contributed by atoms with Crippen LogP contribution < -0.4 is 4.46 Å². The van der Waals surface area contributed by atoms with Crippen LogP contribution in [0.4, 0.5) is 0 Å². The van der Waals surface area contributed by atoms with Gasteiger partial charge in [0, 0.05) is 0 Å². The first-order valence-electron chi connectivity index (χ1n) is 8.32. The predicted octanol–water partition coefficient (Wildman–Crippen LogP) is 3.06. The van der Waals surface area contributed by atoms with Crippen molar-refractivity contribution in [1.29, 1.82) is 0 Å². The Kier molecular flexibility index (Phi) is 5.61. The second kappa shape index (κ2) is 7.59. The Morgan fingerprint density at radius 3 is 2.15 bits per heavy atom. The molecule has 0 saturated carbocycles. The summed E-state index contributed by atoms with van der Waals surface area (Å²) in [6, 6.07) is 15.5. The maximum atomic E-state index is 13.8. The van der Waals surface area contributed by atoms with E-state index in [1.807, 2.05) is 6.07 Å². The van der Waals surface area contributed by atoms with Crippen molar-refractivity contribution in [2.75, 3.05) is 13.2 Å². The first-order valence-corrected chi connectivity index (χ1v) is 11.6. The molecule has 136 valence electrons. The molecule has 26 heavy (non-hydrogen) atoms. The van der Waals surface area contributed by atoms with Crippen LogP contribution in [0.1, 0.15) is 34.6 Å². The quantitative estimate of drug-likeness (QED) is 0.288. The fraction of sp³-hybridized carbons (Fsp3) is 0.263. The third-order valence-corrected chi connectivity index (χ3v) is 10.9. The Labute approximate surface area is 158 Å². The van der Waals surface area contributed by atoms with Crippen LogP contribution in [0, 0.1) is 0 Å². The van der Waals surface area contributed by atoms with Crippen molar-refractivity contribution in [3.63, 3.8) is 0 Å². The van der Waals surface area contributed by atoms with E-state index in [0.29, 0.717) is 11.1 Å². The molecule has 1 atom stereocenters. The molecule has 0 saturated heterocycles. The third-order valence-electron chi connectivity index (χ3n) is 4.02. The molecule has 1 unspecified atom stereocenters. The van der Waals surface area contributed by atoms with E-state index in [0.717, 1.165) is 4.46 Å². The number of benzene rings is 2. The zero-order valence-corrected chi connectivity index (χ0v) is 17.1. The molecule has 1 heterocycles. The van der Waals surface area contributed by atoms with Gasteiger partial charge < -0.3 is 0 Å². The molecule has 0 amide bonds. The Balaban J connectivity index is 2.23. The Morgan fingerprint density at radius 2 is 1.58 bits per heavy atom. The van der Waals surface area contributed by atoms with Gasteiger partial charge in [-0.25, -0.2) is 0 Å². The summed E-state index contributed by atoms with van der Waals surface area (Å²) in [4.78, 5) is 26.9. The number of fused-ring (bicyclic) bond motifs is 1. The molecule has 0 N–H and O–H groups in total. The van der Waals surface area contributed by atoms with Gasteiger partial charge in [-0.1, -0.05) is 0 Å². The first-order chi connectivity index (χ1) is 12.5. The molecule has 2 aromatic carbocycles. The summed E-state index contributed by atoms with van der Waals surface area (Å²) in [6.07, 6.45) is 0. The van der Waals surface area contributed by atoms with E-state index in [1.165, 1.54) is 0 Å². The molecule has 1 aliphatic heterocycles. The van der Waals surface area contributed by atoms with Gasteiger partial charge in [0.25, 0.3) is 0 Å². The Hall–Kier alpha value is -1.55. The van der Waals surface area contributed by atoms with Crippen LogP contribution >= 0.6 is 7.60 Å². The molecule has 5 nitrogen and oxygen atoms in total. The summed E-state index contributed by atoms with van der Waals surface area (Å²) in [5.74, 6) is -0.961. The standard InChI is InChI=1S/C19H19O5PSe/c1-3-23-25(22,24-4-2)19(17(20)14-10-6-5-7-11-14)18(21)15-12-8-9-13-16(15)26-19/h5-13H,3-4H2,1-2H3. The van der Waals surface area contributed by atoms with E-state index in [2.05, 4.69) is 0 Å². The van der Waals surface area contributed by atoms with Crippen LogP contribution in [0.25, 0.3) is 0 Å². The fourth-order valence-corrected chi connectivity index (χ4v) is 9.19. The normalized spacial score (nSPS) is 19.4. The van der Waals surface area contributed by atoms with Crippen LogP contribution in [0.3, 0.4) is 0 Å². The van der Waals surface area contributed by atoms with E-state index in [-0.39, 0.29) is 13.2 Å². The first kappa shape index (κ1) is 19.2. The number of rotatable bonds is 7. The van der Waals surface area contributed by atoms with Crippen molar-refractivity contribution in [2.24, 2.45) is 0 Å². The van der Waals surface area contributed by atoms with E-state index >= 15 is 0 Å². The Morgan fingerprint density at radius 1 is 1.00 bits per heavy atom. The van der Waals surface area contributed by atoms with Crippen LogP contribution in [-0.4, -0.2) is 43.8 Å². The molecule has 0 spiro atoms. The average Bonchev–Trinajstić information content (AvgIpc) is 2.97. The van der Waals surface area contributed by atoms with Crippen molar-refractivity contribution < 1.29 is 23.2 Å². The summed E-state index contributed by atoms with van der Waals surface area (Å²) < 4.78 is 23.7. The maximum absolute atomic E-state index is 13.8. The predicted molar refractivity (Wildman–Crippen MR) is 101 cm³/mol. The number of ketones is 2. The molecule has 0 radical (unpaired) electrons. The van der Waals surface area contributed by atoms with Crippen molar-refractivity contribution in [1.82, 2.24) is 0 Å². The van der Waals surface area contributed by atoms with E-state index in [1.54, 1.807) is 62.4 Å². The van der Waals surface area contributed by atoms with Crippen LogP contribution in [0.5, 0.6) is 0 Å². The van der Waals surface area contributed by atoms with Gasteiger partial charge in [-0.15, -0.1) is 0 Å². The van der Waals surface area contributed by atoms with Crippen molar-refractivity contribution >= 4 is 38.6 Å². The number of carbonyl (C=O) groups excluding carboxylic acids is 2. The van der Waals surface area contributed by atoms with Crippen LogP contribution in [-0.2, 0) is 13.6 Å². The molecule has 0 aliphatic carbocycles. The molecular weight excluding hydrogens is 418 g/mol. The fourth-order valence-electron chi connectivity index (χ4n) is 2.93. The zero-order valence-electron chi connectivity index (χ0n) is 14.5. The van der Waals surface area contributed by atoms with Crippen molar-refractivity contribution in [3.8, 4) is 0 Å². The summed E-state index contributed by atoms with van der Waals surface area (Å²) in [5.41, 5.74) is 0.756. The average molecular weight is 437 g/mol. The SMILES string of the molecule is CCOP(=O)(OCC)C1(C(=O)c2ccccc2)[Se]c2ccccc2C1=O. The summed E-state index contributed by atoms with van der Waals surface area (Å²) in [5, 5.41) is 0. The summed E-state index contributed by atoms with van der Waals surface area (Å²) in [6.45, 7) is 3.51. The molecule has 2 aromatic rings. The number of hydrogen-bond donors (Lipinski definition) is 0.